The molecule has 0 aromatic carbocycles. The van der Waals surface area contributed by atoms with Crippen LogP contribution in [0.5, 0.6) is 0 Å². The molecule has 0 aliphatic carbocycles. The van der Waals surface area contributed by atoms with Gasteiger partial charge in [0.2, 0.25) is 10.0 Å². The first-order valence-corrected chi connectivity index (χ1v) is 8.43. The molecule has 0 unspecified atom stereocenters. The van der Waals surface area contributed by atoms with Gasteiger partial charge in [-0.1, -0.05) is 0 Å². The number of sulfonamides is 1. The maximum absolute atomic E-state index is 11.2. The van der Waals surface area contributed by atoms with Crippen LogP contribution in [0.15, 0.2) is 16.3 Å². The fourth-order valence-electron chi connectivity index (χ4n) is 1.48. The summed E-state index contributed by atoms with van der Waals surface area (Å²) in [6, 6.07) is 3.62. The van der Waals surface area contributed by atoms with E-state index in [4.69, 9.17) is 9.88 Å². The van der Waals surface area contributed by atoms with Gasteiger partial charge in [0.05, 0.1) is 10.6 Å². The van der Waals surface area contributed by atoms with Gasteiger partial charge in [-0.15, -0.1) is 35.1 Å². The van der Waals surface area contributed by atoms with Gasteiger partial charge in [-0.25, -0.2) is 13.6 Å². The molecule has 0 bridgehead atoms. The van der Waals surface area contributed by atoms with Crippen LogP contribution < -0.4 is 10.5 Å². The molecule has 2 aromatic heterocycles. The Labute approximate surface area is 126 Å². The van der Waals surface area contributed by atoms with E-state index < -0.39 is 10.0 Å². The van der Waals surface area contributed by atoms with Gasteiger partial charge in [0.1, 0.15) is 4.21 Å². The van der Waals surface area contributed by atoms with Crippen LogP contribution >= 0.6 is 35.1 Å². The fraction of sp³-hybridized carbons (Fsp3) is 0.400. The van der Waals surface area contributed by atoms with Crippen molar-refractivity contribution in [3.63, 3.8) is 0 Å². The molecule has 2 rings (SSSR count). The summed E-state index contributed by atoms with van der Waals surface area (Å²) < 4.78 is 28.5. The van der Waals surface area contributed by atoms with E-state index >= 15 is 0 Å². The van der Waals surface area contributed by atoms with Crippen LogP contribution in [-0.2, 0) is 21.3 Å². The predicted molar refractivity (Wildman–Crippen MR) is 81.9 cm³/mol. The molecule has 0 aliphatic heterocycles. The smallest absolute Gasteiger partial charge is 0.247 e. The summed E-state index contributed by atoms with van der Waals surface area (Å²) in [5.74, 6) is 0. The monoisotopic (exact) mass is 342 g/mol. The highest BCUT2D eigenvalue weighted by molar-refractivity contribution is 7.91. The maximum atomic E-state index is 11.2. The molecule has 2 heterocycles. The Hall–Kier alpha value is -0.220. The van der Waals surface area contributed by atoms with E-state index in [2.05, 4.69) is 5.32 Å². The molecule has 9 heteroatoms. The maximum Gasteiger partial charge on any atom is 0.247 e. The third kappa shape index (κ3) is 4.38. The lowest BCUT2D eigenvalue weighted by Gasteiger charge is -2.00. The van der Waals surface area contributed by atoms with Crippen LogP contribution in [0.4, 0.5) is 0 Å². The van der Waals surface area contributed by atoms with Crippen LogP contribution in [0.25, 0.3) is 9.40 Å². The fourth-order valence-corrected chi connectivity index (χ4v) is 4.84. The first-order valence-electron chi connectivity index (χ1n) is 5.25. The number of hydrogen-bond acceptors (Lipinski definition) is 6. The van der Waals surface area contributed by atoms with E-state index in [9.17, 15) is 8.42 Å². The number of halogens is 1. The lowest BCUT2D eigenvalue weighted by Crippen LogP contribution is -2.17. The molecular formula is C10H15ClN2O3S3. The number of thiophene rings is 2. The van der Waals surface area contributed by atoms with Crippen molar-refractivity contribution in [1.29, 1.82) is 0 Å². The Morgan fingerprint density at radius 2 is 2.11 bits per heavy atom. The highest BCUT2D eigenvalue weighted by Gasteiger charge is 2.14. The van der Waals surface area contributed by atoms with E-state index in [1.54, 1.807) is 24.5 Å². The minimum Gasteiger partial charge on any atom is -0.383 e. The van der Waals surface area contributed by atoms with Gasteiger partial charge in [0, 0.05) is 30.5 Å². The second-order valence-corrected chi connectivity index (χ2v) is 7.97. The number of ether oxygens (including phenoxy) is 1. The van der Waals surface area contributed by atoms with Gasteiger partial charge >= 0.3 is 0 Å². The summed E-state index contributed by atoms with van der Waals surface area (Å²) in [4.78, 5) is 1.17. The summed E-state index contributed by atoms with van der Waals surface area (Å²) in [5.41, 5.74) is 0. The van der Waals surface area contributed by atoms with Crippen molar-refractivity contribution in [3.05, 3.63) is 17.0 Å². The molecule has 0 fully saturated rings. The van der Waals surface area contributed by atoms with Crippen LogP contribution in [0.2, 0.25) is 0 Å². The first kappa shape index (κ1) is 16.8. The normalized spacial score (nSPS) is 11.7. The van der Waals surface area contributed by atoms with Gasteiger partial charge in [-0.2, -0.15) is 0 Å². The summed E-state index contributed by atoms with van der Waals surface area (Å²) in [6.07, 6.45) is 0. The van der Waals surface area contributed by atoms with Crippen molar-refractivity contribution in [1.82, 2.24) is 5.32 Å². The summed E-state index contributed by atoms with van der Waals surface area (Å²) >= 11 is 2.81. The van der Waals surface area contributed by atoms with Gasteiger partial charge < -0.3 is 10.1 Å². The molecule has 2 aromatic rings. The van der Waals surface area contributed by atoms with Gasteiger partial charge in [0.25, 0.3) is 0 Å². The summed E-state index contributed by atoms with van der Waals surface area (Å²) in [5, 5.41) is 9.28. The van der Waals surface area contributed by atoms with Crippen molar-refractivity contribution in [2.24, 2.45) is 5.14 Å². The molecule has 0 radical (unpaired) electrons. The Kier molecular flexibility index (Phi) is 6.18. The van der Waals surface area contributed by atoms with Crippen molar-refractivity contribution in [2.45, 2.75) is 10.8 Å². The van der Waals surface area contributed by atoms with E-state index in [-0.39, 0.29) is 16.6 Å². The average Bonchev–Trinajstić information content (AvgIpc) is 2.80. The summed E-state index contributed by atoms with van der Waals surface area (Å²) in [6.45, 7) is 2.24. The lowest BCUT2D eigenvalue weighted by atomic mass is 10.3. The Balaban J connectivity index is 0.00000180. The molecule has 0 amide bonds. The van der Waals surface area contributed by atoms with Crippen LogP contribution in [-0.4, -0.2) is 28.7 Å². The Morgan fingerprint density at radius 3 is 2.68 bits per heavy atom. The molecule has 19 heavy (non-hydrogen) atoms. The zero-order valence-corrected chi connectivity index (χ0v) is 13.5. The molecule has 0 saturated heterocycles. The van der Waals surface area contributed by atoms with Gasteiger partial charge in [0.15, 0.2) is 0 Å². The summed E-state index contributed by atoms with van der Waals surface area (Å²) in [7, 11) is -1.91. The number of primary sulfonamides is 1. The zero-order valence-electron chi connectivity index (χ0n) is 10.2. The van der Waals surface area contributed by atoms with Crippen LogP contribution in [0.1, 0.15) is 4.88 Å². The van der Waals surface area contributed by atoms with Crippen molar-refractivity contribution < 1.29 is 13.2 Å². The van der Waals surface area contributed by atoms with Gasteiger partial charge in [-0.05, 0) is 12.1 Å². The number of hydrogen-bond donors (Lipinski definition) is 2. The molecule has 0 spiro atoms. The Morgan fingerprint density at radius 1 is 1.37 bits per heavy atom. The Bertz CT molecular complexity index is 604. The van der Waals surface area contributed by atoms with E-state index in [0.29, 0.717) is 6.61 Å². The second kappa shape index (κ2) is 6.98. The van der Waals surface area contributed by atoms with Crippen molar-refractivity contribution >= 4 is 54.5 Å². The van der Waals surface area contributed by atoms with Crippen molar-refractivity contribution in [3.8, 4) is 0 Å². The minimum atomic E-state index is -3.58. The molecule has 3 N–H and O–H groups in total. The topological polar surface area (TPSA) is 81.4 Å². The van der Waals surface area contributed by atoms with Gasteiger partial charge in [-0.3, -0.25) is 0 Å². The third-order valence-corrected chi connectivity index (χ3v) is 6.12. The molecular weight excluding hydrogens is 328 g/mol. The lowest BCUT2D eigenvalue weighted by molar-refractivity contribution is 0.199. The number of fused-ring (bicyclic) bond motifs is 1. The van der Waals surface area contributed by atoms with Crippen LogP contribution in [0.3, 0.4) is 0 Å². The highest BCUT2D eigenvalue weighted by atomic mass is 35.5. The first-order chi connectivity index (χ1) is 8.50. The number of nitrogens with two attached hydrogens (primary N) is 1. The van der Waals surface area contributed by atoms with Crippen molar-refractivity contribution in [2.75, 3.05) is 20.3 Å². The van der Waals surface area contributed by atoms with E-state index in [0.717, 1.165) is 22.5 Å². The molecule has 0 saturated carbocycles. The standard InChI is InChI=1S/C10H14N2O3S3.ClH/c1-15-3-2-12-6-8-4-7-5-9(18(11,13)14)17-10(7)16-8;/h4-5,12H,2-3,6H2,1H3,(H2,11,13,14);1H. The number of rotatable bonds is 6. The predicted octanol–water partition coefficient (Wildman–Crippen LogP) is 1.77. The minimum absolute atomic E-state index is 0. The average molecular weight is 343 g/mol. The van der Waals surface area contributed by atoms with Crippen LogP contribution in [0, 0.1) is 0 Å². The highest BCUT2D eigenvalue weighted by Crippen LogP contribution is 2.35. The molecule has 0 atom stereocenters. The third-order valence-electron chi connectivity index (χ3n) is 2.31. The van der Waals surface area contributed by atoms with E-state index in [1.165, 1.54) is 16.2 Å². The zero-order chi connectivity index (χ0) is 13.2. The second-order valence-electron chi connectivity index (χ2n) is 3.74. The van der Waals surface area contributed by atoms with E-state index in [1.807, 2.05) is 6.07 Å². The molecule has 5 nitrogen and oxygen atoms in total. The number of methoxy groups -OCH3 is 1. The molecule has 108 valence electrons. The molecule has 0 aliphatic rings. The largest absolute Gasteiger partial charge is 0.383 e. The quantitative estimate of drug-likeness (QED) is 0.784. The number of nitrogens with one attached hydrogen (secondary N) is 1. The SMILES string of the molecule is COCCNCc1cc2cc(S(N)(=O)=O)sc2s1.Cl.